The molecule has 3 heteroatoms. The van der Waals surface area contributed by atoms with Crippen molar-refractivity contribution in [3.05, 3.63) is 71.5 Å². The van der Waals surface area contributed by atoms with Gasteiger partial charge in [-0.05, 0) is 61.4 Å². The van der Waals surface area contributed by atoms with Crippen molar-refractivity contribution in [2.75, 3.05) is 0 Å². The molecule has 3 atom stereocenters. The van der Waals surface area contributed by atoms with Crippen molar-refractivity contribution >= 4 is 5.91 Å². The van der Waals surface area contributed by atoms with Gasteiger partial charge in [-0.25, -0.2) is 4.39 Å². The lowest BCUT2D eigenvalue weighted by molar-refractivity contribution is 0.0571. The van der Waals surface area contributed by atoms with Crippen LogP contribution in [0.15, 0.2) is 54.6 Å². The van der Waals surface area contributed by atoms with E-state index in [0.29, 0.717) is 18.0 Å². The fraction of sp³-hybridized carbons (Fsp3) is 0.350. The Kier molecular flexibility index (Phi) is 3.64. The second-order valence-electron chi connectivity index (χ2n) is 6.68. The number of nitrogens with zero attached hydrogens (tertiary/aromatic N) is 1. The summed E-state index contributed by atoms with van der Waals surface area (Å²) >= 11 is 0. The second-order valence-corrected chi connectivity index (χ2v) is 6.68. The molecule has 1 unspecified atom stereocenters. The van der Waals surface area contributed by atoms with Gasteiger partial charge in [0, 0.05) is 17.6 Å². The van der Waals surface area contributed by atoms with E-state index in [0.717, 1.165) is 31.2 Å². The Morgan fingerprint density at radius 3 is 2.13 bits per heavy atom. The third-order valence-electron chi connectivity index (χ3n) is 5.33. The van der Waals surface area contributed by atoms with E-state index in [-0.39, 0.29) is 11.7 Å². The highest BCUT2D eigenvalue weighted by molar-refractivity contribution is 5.94. The standard InChI is InChI=1S/C20H20FNO/c21-17-8-6-14(7-9-17)16-12-18-10-11-19(13-16)22(18)20(23)15-4-2-1-3-5-15/h1-9,16,18-19H,10-13H2/t16?,18-,19+. The molecule has 2 aliphatic heterocycles. The van der Waals surface area contributed by atoms with E-state index in [9.17, 15) is 9.18 Å². The molecule has 2 nitrogen and oxygen atoms in total. The molecule has 2 saturated heterocycles. The van der Waals surface area contributed by atoms with Crippen LogP contribution < -0.4 is 0 Å². The summed E-state index contributed by atoms with van der Waals surface area (Å²) in [5.74, 6) is 0.414. The molecule has 2 fully saturated rings. The molecule has 2 bridgehead atoms. The van der Waals surface area contributed by atoms with Crippen molar-refractivity contribution in [3.63, 3.8) is 0 Å². The Morgan fingerprint density at radius 1 is 0.913 bits per heavy atom. The van der Waals surface area contributed by atoms with Gasteiger partial charge in [0.25, 0.3) is 5.91 Å². The minimum atomic E-state index is -0.187. The smallest absolute Gasteiger partial charge is 0.254 e. The van der Waals surface area contributed by atoms with Gasteiger partial charge in [0.2, 0.25) is 0 Å². The first-order valence-electron chi connectivity index (χ1n) is 8.35. The lowest BCUT2D eigenvalue weighted by Crippen LogP contribution is -2.46. The van der Waals surface area contributed by atoms with Gasteiger partial charge in [-0.15, -0.1) is 0 Å². The summed E-state index contributed by atoms with van der Waals surface area (Å²) in [7, 11) is 0. The monoisotopic (exact) mass is 309 g/mol. The molecule has 0 radical (unpaired) electrons. The number of carbonyl (C=O) groups is 1. The minimum absolute atomic E-state index is 0.163. The molecule has 2 heterocycles. The van der Waals surface area contributed by atoms with E-state index in [1.807, 2.05) is 42.5 Å². The molecule has 0 aliphatic carbocycles. The molecule has 0 N–H and O–H groups in total. The van der Waals surface area contributed by atoms with Crippen LogP contribution in [0.1, 0.15) is 47.5 Å². The van der Waals surface area contributed by atoms with Gasteiger partial charge in [0.15, 0.2) is 0 Å². The van der Waals surface area contributed by atoms with Crippen molar-refractivity contribution < 1.29 is 9.18 Å². The summed E-state index contributed by atoms with van der Waals surface area (Å²) in [6, 6.07) is 17.1. The number of carbonyl (C=O) groups excluding carboxylic acids is 1. The second kappa shape index (κ2) is 5.80. The van der Waals surface area contributed by atoms with Crippen molar-refractivity contribution in [2.45, 2.75) is 43.7 Å². The maximum atomic E-state index is 13.1. The average molecular weight is 309 g/mol. The van der Waals surface area contributed by atoms with Crippen LogP contribution in [0.2, 0.25) is 0 Å². The van der Waals surface area contributed by atoms with Crippen LogP contribution in [0.3, 0.4) is 0 Å². The first-order valence-corrected chi connectivity index (χ1v) is 8.35. The van der Waals surface area contributed by atoms with Crippen LogP contribution >= 0.6 is 0 Å². The summed E-state index contributed by atoms with van der Waals surface area (Å²) in [4.78, 5) is 14.9. The molecule has 1 amide bonds. The molecule has 2 aromatic carbocycles. The number of hydrogen-bond donors (Lipinski definition) is 0. The van der Waals surface area contributed by atoms with Crippen molar-refractivity contribution in [1.82, 2.24) is 4.90 Å². The number of amides is 1. The number of benzene rings is 2. The summed E-state index contributed by atoms with van der Waals surface area (Å²) < 4.78 is 13.1. The van der Waals surface area contributed by atoms with Crippen molar-refractivity contribution in [2.24, 2.45) is 0 Å². The predicted molar refractivity (Wildman–Crippen MR) is 87.8 cm³/mol. The van der Waals surface area contributed by atoms with Gasteiger partial charge in [0.05, 0.1) is 0 Å². The highest BCUT2D eigenvalue weighted by Gasteiger charge is 2.43. The normalized spacial score (nSPS) is 26.3. The van der Waals surface area contributed by atoms with Crippen LogP contribution in [-0.2, 0) is 0 Å². The molecular formula is C20H20FNO. The van der Waals surface area contributed by atoms with E-state index in [2.05, 4.69) is 4.90 Å². The third-order valence-corrected chi connectivity index (χ3v) is 5.33. The highest BCUT2D eigenvalue weighted by atomic mass is 19.1. The number of halogens is 1. The molecule has 0 saturated carbocycles. The highest BCUT2D eigenvalue weighted by Crippen LogP contribution is 2.43. The Labute approximate surface area is 135 Å². The molecule has 0 spiro atoms. The lowest BCUT2D eigenvalue weighted by Gasteiger charge is -2.39. The van der Waals surface area contributed by atoms with Gasteiger partial charge in [0.1, 0.15) is 5.82 Å². The minimum Gasteiger partial charge on any atom is -0.333 e. The number of piperidine rings is 1. The van der Waals surface area contributed by atoms with Gasteiger partial charge < -0.3 is 4.90 Å². The summed E-state index contributed by atoms with van der Waals surface area (Å²) in [5.41, 5.74) is 1.99. The third kappa shape index (κ3) is 2.65. The first kappa shape index (κ1) is 14.4. The van der Waals surface area contributed by atoms with Gasteiger partial charge in [-0.2, -0.15) is 0 Å². The largest absolute Gasteiger partial charge is 0.333 e. The van der Waals surface area contributed by atoms with Crippen LogP contribution in [0, 0.1) is 5.82 Å². The summed E-state index contributed by atoms with van der Waals surface area (Å²) in [5, 5.41) is 0. The first-order chi connectivity index (χ1) is 11.2. The summed E-state index contributed by atoms with van der Waals surface area (Å²) in [6.07, 6.45) is 4.14. The Balaban J connectivity index is 1.54. The molecular weight excluding hydrogens is 289 g/mol. The van der Waals surface area contributed by atoms with Crippen LogP contribution in [0.25, 0.3) is 0 Å². The summed E-state index contributed by atoms with van der Waals surface area (Å²) in [6.45, 7) is 0. The molecule has 23 heavy (non-hydrogen) atoms. The van der Waals surface area contributed by atoms with E-state index >= 15 is 0 Å². The van der Waals surface area contributed by atoms with E-state index in [1.54, 1.807) is 12.1 Å². The van der Waals surface area contributed by atoms with E-state index in [1.165, 1.54) is 5.56 Å². The fourth-order valence-electron chi connectivity index (χ4n) is 4.25. The fourth-order valence-corrected chi connectivity index (χ4v) is 4.25. The molecule has 0 aromatic heterocycles. The van der Waals surface area contributed by atoms with Crippen molar-refractivity contribution in [1.29, 1.82) is 0 Å². The quantitative estimate of drug-likeness (QED) is 0.806. The Hall–Kier alpha value is -2.16. The number of fused-ring (bicyclic) bond motifs is 2. The topological polar surface area (TPSA) is 20.3 Å². The van der Waals surface area contributed by atoms with E-state index < -0.39 is 0 Å². The maximum absolute atomic E-state index is 13.1. The van der Waals surface area contributed by atoms with E-state index in [4.69, 9.17) is 0 Å². The average Bonchev–Trinajstić information content (AvgIpc) is 2.85. The van der Waals surface area contributed by atoms with Gasteiger partial charge in [-0.3, -0.25) is 4.79 Å². The SMILES string of the molecule is O=C(c1ccccc1)N1[C@@H]2CC[C@H]1CC(c1ccc(F)cc1)C2. The zero-order valence-corrected chi connectivity index (χ0v) is 13.0. The maximum Gasteiger partial charge on any atom is 0.254 e. The van der Waals surface area contributed by atoms with Crippen LogP contribution in [0.5, 0.6) is 0 Å². The van der Waals surface area contributed by atoms with Gasteiger partial charge >= 0.3 is 0 Å². The number of hydrogen-bond acceptors (Lipinski definition) is 1. The molecule has 118 valence electrons. The van der Waals surface area contributed by atoms with Crippen LogP contribution in [0.4, 0.5) is 4.39 Å². The predicted octanol–water partition coefficient (Wildman–Crippen LogP) is 4.38. The van der Waals surface area contributed by atoms with Crippen molar-refractivity contribution in [3.8, 4) is 0 Å². The zero-order valence-electron chi connectivity index (χ0n) is 13.0. The van der Waals surface area contributed by atoms with Crippen LogP contribution in [-0.4, -0.2) is 22.9 Å². The molecule has 2 aliphatic rings. The van der Waals surface area contributed by atoms with Gasteiger partial charge in [-0.1, -0.05) is 30.3 Å². The molecule has 2 aromatic rings. The zero-order chi connectivity index (χ0) is 15.8. The Morgan fingerprint density at radius 2 is 1.52 bits per heavy atom. The number of rotatable bonds is 2. The molecule has 4 rings (SSSR count). The lowest BCUT2D eigenvalue weighted by atomic mass is 9.85. The Bertz CT molecular complexity index is 683.